The maximum atomic E-state index is 12.9. The standard InChI is InChI=1S/C18H25N3O3/c1-10-19-16(13-5-3-4-8-21(10)13)17(22)20-15-12-7-6-11(9-12)14(15)18(23)24-2/h11-12,14-15H,3-9H2,1-2H3,(H,20,22)/t11-,12-,14-,15+/m0/s1. The number of ether oxygens (including phenoxy) is 1. The highest BCUT2D eigenvalue weighted by molar-refractivity contribution is 5.94. The lowest BCUT2D eigenvalue weighted by Crippen LogP contribution is -2.47. The number of aryl methyl sites for hydroxylation is 1. The van der Waals surface area contributed by atoms with Gasteiger partial charge < -0.3 is 14.6 Å². The van der Waals surface area contributed by atoms with Crippen LogP contribution in [0.4, 0.5) is 0 Å². The van der Waals surface area contributed by atoms with Crippen LogP contribution in [-0.2, 0) is 22.5 Å². The molecule has 6 nitrogen and oxygen atoms in total. The Morgan fingerprint density at radius 3 is 2.83 bits per heavy atom. The molecule has 2 heterocycles. The van der Waals surface area contributed by atoms with Gasteiger partial charge in [0, 0.05) is 12.6 Å². The van der Waals surface area contributed by atoms with Crippen molar-refractivity contribution in [2.24, 2.45) is 17.8 Å². The Balaban J connectivity index is 1.57. The van der Waals surface area contributed by atoms with Crippen LogP contribution in [0.25, 0.3) is 0 Å². The zero-order valence-corrected chi connectivity index (χ0v) is 14.4. The normalized spacial score (nSPS) is 30.9. The molecule has 0 aromatic carbocycles. The first-order valence-electron chi connectivity index (χ1n) is 9.05. The molecule has 6 heteroatoms. The second-order valence-corrected chi connectivity index (χ2v) is 7.44. The first-order valence-corrected chi connectivity index (χ1v) is 9.05. The molecule has 0 radical (unpaired) electrons. The lowest BCUT2D eigenvalue weighted by molar-refractivity contribution is -0.148. The topological polar surface area (TPSA) is 73.2 Å². The number of nitrogens with one attached hydrogen (secondary N) is 1. The summed E-state index contributed by atoms with van der Waals surface area (Å²) in [4.78, 5) is 29.6. The molecule has 2 fully saturated rings. The van der Waals surface area contributed by atoms with Crippen LogP contribution in [0, 0.1) is 24.7 Å². The van der Waals surface area contributed by atoms with Gasteiger partial charge in [-0.3, -0.25) is 9.59 Å². The smallest absolute Gasteiger partial charge is 0.311 e. The molecule has 1 amide bonds. The molecule has 2 bridgehead atoms. The summed E-state index contributed by atoms with van der Waals surface area (Å²) in [6.45, 7) is 2.90. The van der Waals surface area contributed by atoms with Crippen molar-refractivity contribution in [1.29, 1.82) is 0 Å². The minimum atomic E-state index is -0.197. The van der Waals surface area contributed by atoms with E-state index in [9.17, 15) is 9.59 Å². The van der Waals surface area contributed by atoms with Crippen LogP contribution in [-0.4, -0.2) is 34.6 Å². The van der Waals surface area contributed by atoms with Crippen LogP contribution in [0.3, 0.4) is 0 Å². The third-order valence-corrected chi connectivity index (χ3v) is 6.21. The molecule has 24 heavy (non-hydrogen) atoms. The number of rotatable bonds is 3. The van der Waals surface area contributed by atoms with E-state index in [-0.39, 0.29) is 23.8 Å². The van der Waals surface area contributed by atoms with Gasteiger partial charge in [0.05, 0.1) is 18.7 Å². The van der Waals surface area contributed by atoms with E-state index < -0.39 is 0 Å². The molecular formula is C18H25N3O3. The van der Waals surface area contributed by atoms with Gasteiger partial charge in [0.25, 0.3) is 5.91 Å². The summed E-state index contributed by atoms with van der Waals surface area (Å²) >= 11 is 0. The molecule has 1 aliphatic heterocycles. The second-order valence-electron chi connectivity index (χ2n) is 7.44. The molecule has 1 N–H and O–H groups in total. The van der Waals surface area contributed by atoms with Gasteiger partial charge in [-0.1, -0.05) is 0 Å². The summed E-state index contributed by atoms with van der Waals surface area (Å²) in [5, 5.41) is 3.14. The molecule has 4 rings (SSSR count). The summed E-state index contributed by atoms with van der Waals surface area (Å²) in [6.07, 6.45) is 6.32. The van der Waals surface area contributed by atoms with Crippen LogP contribution >= 0.6 is 0 Å². The number of fused-ring (bicyclic) bond motifs is 3. The molecule has 0 saturated heterocycles. The first-order chi connectivity index (χ1) is 11.6. The predicted octanol–water partition coefficient (Wildman–Crippen LogP) is 1.85. The van der Waals surface area contributed by atoms with Crippen LogP contribution < -0.4 is 5.32 Å². The fourth-order valence-corrected chi connectivity index (χ4v) is 5.10. The summed E-state index contributed by atoms with van der Waals surface area (Å²) < 4.78 is 7.15. The Bertz CT molecular complexity index is 681. The van der Waals surface area contributed by atoms with E-state index in [4.69, 9.17) is 4.74 Å². The maximum absolute atomic E-state index is 12.9. The number of aromatic nitrogens is 2. The molecule has 2 saturated carbocycles. The van der Waals surface area contributed by atoms with Crippen molar-refractivity contribution < 1.29 is 14.3 Å². The molecule has 0 unspecified atom stereocenters. The minimum Gasteiger partial charge on any atom is -0.469 e. The Morgan fingerprint density at radius 2 is 2.04 bits per heavy atom. The third kappa shape index (κ3) is 2.34. The fourth-order valence-electron chi connectivity index (χ4n) is 5.10. The van der Waals surface area contributed by atoms with E-state index in [1.54, 1.807) is 0 Å². The average Bonchev–Trinajstić information content (AvgIpc) is 3.28. The lowest BCUT2D eigenvalue weighted by atomic mass is 9.84. The van der Waals surface area contributed by atoms with Gasteiger partial charge in [-0.05, 0) is 57.3 Å². The van der Waals surface area contributed by atoms with Gasteiger partial charge in [0.1, 0.15) is 11.5 Å². The highest BCUT2D eigenvalue weighted by Gasteiger charge is 2.52. The summed E-state index contributed by atoms with van der Waals surface area (Å²) in [5.74, 6) is 1.15. The van der Waals surface area contributed by atoms with Crippen molar-refractivity contribution in [2.75, 3.05) is 7.11 Å². The van der Waals surface area contributed by atoms with E-state index in [0.29, 0.717) is 17.5 Å². The Labute approximate surface area is 142 Å². The largest absolute Gasteiger partial charge is 0.469 e. The SMILES string of the molecule is COC(=O)[C@H]1[C@H]2CC[C@@H](C2)[C@H]1NC(=O)c1nc(C)n2c1CCCC2. The average molecular weight is 331 g/mol. The first kappa shape index (κ1) is 15.7. The molecule has 2 aliphatic carbocycles. The number of carbonyl (C=O) groups is 2. The van der Waals surface area contributed by atoms with E-state index in [1.807, 2.05) is 6.92 Å². The van der Waals surface area contributed by atoms with Gasteiger partial charge in [0.15, 0.2) is 0 Å². The Hall–Kier alpha value is -1.85. The van der Waals surface area contributed by atoms with Gasteiger partial charge in [-0.25, -0.2) is 4.98 Å². The highest BCUT2D eigenvalue weighted by atomic mass is 16.5. The van der Waals surface area contributed by atoms with Gasteiger partial charge in [-0.2, -0.15) is 0 Å². The lowest BCUT2D eigenvalue weighted by Gasteiger charge is -2.29. The van der Waals surface area contributed by atoms with Crippen molar-refractivity contribution in [3.63, 3.8) is 0 Å². The Morgan fingerprint density at radius 1 is 1.25 bits per heavy atom. The van der Waals surface area contributed by atoms with Crippen molar-refractivity contribution in [2.45, 2.75) is 58.0 Å². The van der Waals surface area contributed by atoms with Crippen LogP contribution in [0.15, 0.2) is 0 Å². The molecular weight excluding hydrogens is 306 g/mol. The molecule has 1 aromatic rings. The monoisotopic (exact) mass is 331 g/mol. The van der Waals surface area contributed by atoms with Crippen molar-refractivity contribution in [3.05, 3.63) is 17.2 Å². The number of methoxy groups -OCH3 is 1. The highest BCUT2D eigenvalue weighted by Crippen LogP contribution is 2.49. The van der Waals surface area contributed by atoms with Crippen LogP contribution in [0.1, 0.15) is 54.1 Å². The van der Waals surface area contributed by atoms with Crippen molar-refractivity contribution in [1.82, 2.24) is 14.9 Å². The zero-order chi connectivity index (χ0) is 16.8. The fraction of sp³-hybridized carbons (Fsp3) is 0.722. The van der Waals surface area contributed by atoms with Gasteiger partial charge >= 0.3 is 5.97 Å². The van der Waals surface area contributed by atoms with Crippen LogP contribution in [0.5, 0.6) is 0 Å². The quantitative estimate of drug-likeness (QED) is 0.858. The second kappa shape index (κ2) is 5.90. The molecule has 0 spiro atoms. The summed E-state index contributed by atoms with van der Waals surface area (Å²) in [5.41, 5.74) is 1.60. The van der Waals surface area contributed by atoms with Crippen molar-refractivity contribution >= 4 is 11.9 Å². The molecule has 130 valence electrons. The number of amides is 1. The number of hydrogen-bond acceptors (Lipinski definition) is 4. The number of nitrogens with zero attached hydrogens (tertiary/aromatic N) is 2. The van der Waals surface area contributed by atoms with Crippen molar-refractivity contribution in [3.8, 4) is 0 Å². The third-order valence-electron chi connectivity index (χ3n) is 6.21. The molecule has 1 aromatic heterocycles. The zero-order valence-electron chi connectivity index (χ0n) is 14.4. The maximum Gasteiger partial charge on any atom is 0.311 e. The Kier molecular flexibility index (Phi) is 3.85. The van der Waals surface area contributed by atoms with Gasteiger partial charge in [0.2, 0.25) is 0 Å². The van der Waals surface area contributed by atoms with Gasteiger partial charge in [-0.15, -0.1) is 0 Å². The number of esters is 1. The molecule has 4 atom stereocenters. The number of imidazole rings is 1. The molecule has 3 aliphatic rings. The number of hydrogen-bond donors (Lipinski definition) is 1. The predicted molar refractivity (Wildman–Crippen MR) is 87.5 cm³/mol. The van der Waals surface area contributed by atoms with E-state index >= 15 is 0 Å². The summed E-state index contributed by atoms with van der Waals surface area (Å²) in [7, 11) is 1.43. The number of carbonyl (C=O) groups excluding carboxylic acids is 2. The van der Waals surface area contributed by atoms with Crippen LogP contribution in [0.2, 0.25) is 0 Å². The summed E-state index contributed by atoms with van der Waals surface area (Å²) in [6, 6.07) is -0.107. The minimum absolute atomic E-state index is 0.107. The van der Waals surface area contributed by atoms with E-state index in [0.717, 1.165) is 56.6 Å². The van der Waals surface area contributed by atoms with E-state index in [1.165, 1.54) is 7.11 Å². The van der Waals surface area contributed by atoms with E-state index in [2.05, 4.69) is 14.9 Å².